The van der Waals surface area contributed by atoms with Crippen LogP contribution in [0.5, 0.6) is 0 Å². The van der Waals surface area contributed by atoms with Crippen LogP contribution in [-0.2, 0) is 32.7 Å². The molecule has 0 saturated heterocycles. The van der Waals surface area contributed by atoms with Crippen molar-refractivity contribution in [2.75, 3.05) is 26.4 Å². The number of phosphoric acid groups is 1. The van der Waals surface area contributed by atoms with Crippen molar-refractivity contribution in [2.45, 2.75) is 315 Å². The highest BCUT2D eigenvalue weighted by Gasteiger charge is 2.26. The fourth-order valence-electron chi connectivity index (χ4n) is 8.91. The van der Waals surface area contributed by atoms with Gasteiger partial charge in [-0.1, -0.05) is 276 Å². The van der Waals surface area contributed by atoms with Crippen molar-refractivity contribution in [1.29, 1.82) is 0 Å². The molecule has 0 rings (SSSR count). The lowest BCUT2D eigenvalue weighted by Crippen LogP contribution is -2.29. The molecule has 69 heavy (non-hydrogen) atoms. The summed E-state index contributed by atoms with van der Waals surface area (Å²) >= 11 is 0. The van der Waals surface area contributed by atoms with Crippen LogP contribution in [-0.4, -0.2) is 49.3 Å². The molecule has 0 aliphatic heterocycles. The van der Waals surface area contributed by atoms with Crippen molar-refractivity contribution < 1.29 is 37.6 Å². The summed E-state index contributed by atoms with van der Waals surface area (Å²) in [7, 11) is -4.39. The Hall–Kier alpha value is -1.51. The number of nitrogens with two attached hydrogens (primary N) is 1. The molecule has 2 unspecified atom stereocenters. The Labute approximate surface area is 427 Å². The molecule has 0 fully saturated rings. The van der Waals surface area contributed by atoms with Gasteiger partial charge in [0.05, 0.1) is 13.2 Å². The van der Waals surface area contributed by atoms with Crippen LogP contribution in [0.3, 0.4) is 0 Å². The van der Waals surface area contributed by atoms with Gasteiger partial charge in [0.25, 0.3) is 0 Å². The third-order valence-electron chi connectivity index (χ3n) is 13.3. The molecule has 0 radical (unpaired) electrons. The van der Waals surface area contributed by atoms with E-state index in [1.165, 1.54) is 225 Å². The lowest BCUT2D eigenvalue weighted by atomic mass is 10.0. The third-order valence-corrected chi connectivity index (χ3v) is 14.3. The van der Waals surface area contributed by atoms with Crippen LogP contribution >= 0.6 is 7.82 Å². The van der Waals surface area contributed by atoms with Crippen LogP contribution in [0, 0.1) is 0 Å². The number of allylic oxidation sites excluding steroid dienone is 4. The zero-order valence-electron chi connectivity index (χ0n) is 45.6. The summed E-state index contributed by atoms with van der Waals surface area (Å²) in [6.45, 7) is 3.79. The number of rotatable bonds is 57. The highest BCUT2D eigenvalue weighted by Crippen LogP contribution is 2.43. The molecule has 3 N–H and O–H groups in total. The van der Waals surface area contributed by atoms with Crippen LogP contribution in [0.25, 0.3) is 0 Å². The molecular weight excluding hydrogens is 882 g/mol. The van der Waals surface area contributed by atoms with Crippen molar-refractivity contribution in [1.82, 2.24) is 0 Å². The Morgan fingerprint density at radius 3 is 1.10 bits per heavy atom. The number of ether oxygens (including phenoxy) is 2. The second-order valence-corrected chi connectivity index (χ2v) is 21.7. The Bertz CT molecular complexity index is 1180. The predicted octanol–water partition coefficient (Wildman–Crippen LogP) is 18.6. The van der Waals surface area contributed by atoms with Crippen molar-refractivity contribution in [2.24, 2.45) is 5.73 Å². The molecule has 0 aliphatic rings. The van der Waals surface area contributed by atoms with E-state index in [1.807, 2.05) is 0 Å². The minimum atomic E-state index is -4.39. The maximum absolute atomic E-state index is 12.7. The first kappa shape index (κ1) is 67.5. The summed E-state index contributed by atoms with van der Waals surface area (Å²) in [5, 5.41) is 0. The first-order valence-electron chi connectivity index (χ1n) is 29.8. The largest absolute Gasteiger partial charge is 0.472 e. The second kappa shape index (κ2) is 55.8. The van der Waals surface area contributed by atoms with Gasteiger partial charge in [-0.05, 0) is 44.9 Å². The first-order valence-corrected chi connectivity index (χ1v) is 31.3. The molecule has 2 atom stereocenters. The Kier molecular flexibility index (Phi) is 54.6. The molecular formula is C59H114NO8P. The molecule has 408 valence electrons. The summed E-state index contributed by atoms with van der Waals surface area (Å²) in [5.74, 6) is -0.815. The van der Waals surface area contributed by atoms with Crippen LogP contribution < -0.4 is 5.73 Å². The van der Waals surface area contributed by atoms with Gasteiger partial charge in [0, 0.05) is 19.4 Å². The molecule has 0 heterocycles. The quantitative estimate of drug-likeness (QED) is 0.0264. The minimum Gasteiger partial charge on any atom is -0.462 e. The normalized spacial score (nSPS) is 13.2. The smallest absolute Gasteiger partial charge is 0.462 e. The van der Waals surface area contributed by atoms with Gasteiger partial charge in [-0.3, -0.25) is 18.6 Å². The third kappa shape index (κ3) is 55.7. The second-order valence-electron chi connectivity index (χ2n) is 20.2. The number of carbonyl (C=O) groups excluding carboxylic acids is 2. The van der Waals surface area contributed by atoms with E-state index in [2.05, 4.69) is 38.2 Å². The van der Waals surface area contributed by atoms with E-state index in [-0.39, 0.29) is 38.6 Å². The molecule has 0 aliphatic carbocycles. The van der Waals surface area contributed by atoms with Crippen LogP contribution in [0.4, 0.5) is 0 Å². The van der Waals surface area contributed by atoms with Gasteiger partial charge >= 0.3 is 19.8 Å². The van der Waals surface area contributed by atoms with Gasteiger partial charge in [0.1, 0.15) is 6.61 Å². The van der Waals surface area contributed by atoms with Gasteiger partial charge in [-0.25, -0.2) is 4.57 Å². The first-order chi connectivity index (χ1) is 33.8. The van der Waals surface area contributed by atoms with Crippen molar-refractivity contribution in [3.05, 3.63) is 24.3 Å². The van der Waals surface area contributed by atoms with E-state index < -0.39 is 26.5 Å². The lowest BCUT2D eigenvalue weighted by Gasteiger charge is -2.19. The molecule has 0 aromatic rings. The van der Waals surface area contributed by atoms with Gasteiger partial charge in [0.15, 0.2) is 6.10 Å². The fourth-order valence-corrected chi connectivity index (χ4v) is 9.67. The monoisotopic (exact) mass is 996 g/mol. The summed E-state index contributed by atoms with van der Waals surface area (Å²) in [4.78, 5) is 35.2. The fraction of sp³-hybridized carbons (Fsp3) is 0.898. The molecule has 0 amide bonds. The van der Waals surface area contributed by atoms with E-state index in [9.17, 15) is 19.0 Å². The van der Waals surface area contributed by atoms with E-state index in [4.69, 9.17) is 24.3 Å². The molecule has 10 heteroatoms. The van der Waals surface area contributed by atoms with Gasteiger partial charge in [0.2, 0.25) is 0 Å². The number of unbranched alkanes of at least 4 members (excludes halogenated alkanes) is 40. The minimum absolute atomic E-state index is 0.0548. The topological polar surface area (TPSA) is 134 Å². The Morgan fingerprint density at radius 2 is 0.754 bits per heavy atom. The zero-order chi connectivity index (χ0) is 50.2. The molecule has 0 spiro atoms. The highest BCUT2D eigenvalue weighted by molar-refractivity contribution is 7.47. The average molecular weight is 997 g/mol. The number of phosphoric ester groups is 1. The number of carbonyl (C=O) groups is 2. The Morgan fingerprint density at radius 1 is 0.435 bits per heavy atom. The van der Waals surface area contributed by atoms with Crippen LogP contribution in [0.15, 0.2) is 24.3 Å². The highest BCUT2D eigenvalue weighted by atomic mass is 31.2. The molecule has 0 aromatic carbocycles. The number of hydrogen-bond donors (Lipinski definition) is 2. The van der Waals surface area contributed by atoms with E-state index in [0.29, 0.717) is 6.42 Å². The predicted molar refractivity (Wildman–Crippen MR) is 294 cm³/mol. The van der Waals surface area contributed by atoms with Gasteiger partial charge in [-0.15, -0.1) is 0 Å². The summed E-state index contributed by atoms with van der Waals surface area (Å²) in [6.07, 6.45) is 65.3. The summed E-state index contributed by atoms with van der Waals surface area (Å²) < 4.78 is 33.1. The maximum atomic E-state index is 12.7. The molecule has 9 nitrogen and oxygen atoms in total. The zero-order valence-corrected chi connectivity index (χ0v) is 46.5. The maximum Gasteiger partial charge on any atom is 0.472 e. The molecule has 0 aromatic heterocycles. The number of esters is 2. The van der Waals surface area contributed by atoms with Gasteiger partial charge < -0.3 is 20.1 Å². The standard InChI is InChI=1S/C59H114NO8P/c1-3-5-7-9-11-13-15-17-19-21-23-25-26-27-28-29-30-32-33-35-37-39-41-43-45-47-49-51-58(61)65-55-57(56-67-69(63,64)66-54-53-60)68-59(62)52-50-48-46-44-42-40-38-36-34-31-24-22-20-18-16-14-12-10-8-6-4-2/h16,18,22,24,57H,3-15,17,19-21,23,25-56,60H2,1-2H3,(H,63,64)/b18-16-,24-22-. The van der Waals surface area contributed by atoms with Crippen molar-refractivity contribution in [3.8, 4) is 0 Å². The SMILES string of the molecule is CCCCCCC/C=C\C/C=C\CCCCCCCCCCCC(=O)OC(COC(=O)CCCCCCCCCCCCCCCCCCCCCCCCCCCCC)COP(=O)(O)OCCN. The molecule has 0 saturated carbocycles. The van der Waals surface area contributed by atoms with E-state index >= 15 is 0 Å². The lowest BCUT2D eigenvalue weighted by molar-refractivity contribution is -0.161. The summed E-state index contributed by atoms with van der Waals surface area (Å²) in [6, 6.07) is 0. The van der Waals surface area contributed by atoms with Gasteiger partial charge in [-0.2, -0.15) is 0 Å². The van der Waals surface area contributed by atoms with Crippen molar-refractivity contribution in [3.63, 3.8) is 0 Å². The number of hydrogen-bond acceptors (Lipinski definition) is 8. The molecule has 0 bridgehead atoms. The van der Waals surface area contributed by atoms with Crippen LogP contribution in [0.2, 0.25) is 0 Å². The van der Waals surface area contributed by atoms with E-state index in [0.717, 1.165) is 51.4 Å². The van der Waals surface area contributed by atoms with Crippen LogP contribution in [0.1, 0.15) is 309 Å². The average Bonchev–Trinajstić information content (AvgIpc) is 3.34. The van der Waals surface area contributed by atoms with Crippen molar-refractivity contribution >= 4 is 19.8 Å². The van der Waals surface area contributed by atoms with E-state index in [1.54, 1.807) is 0 Å². The summed E-state index contributed by atoms with van der Waals surface area (Å²) in [5.41, 5.74) is 5.38. The Balaban J connectivity index is 3.91.